The van der Waals surface area contributed by atoms with Crippen molar-refractivity contribution in [2.45, 2.75) is 127 Å². The molecule has 15 nitrogen and oxygen atoms in total. The minimum absolute atomic E-state index is 0.0479. The maximum Gasteiger partial charge on any atom is 0.418 e. The number of nitrogens with zero attached hydrogens (tertiary/aromatic N) is 3. The number of hydrogen-bond donors (Lipinski definition) is 3. The Hall–Kier alpha value is -6.66. The lowest BCUT2D eigenvalue weighted by Crippen LogP contribution is -2.54. The second-order valence-corrected chi connectivity index (χ2v) is 17.4. The molecule has 1 aliphatic carbocycles. The molecule has 0 radical (unpaired) electrons. The number of carbonyl (C=O) groups excluding carboxylic acids is 8. The first-order valence-electron chi connectivity index (χ1n) is 22.6. The number of carbonyl (C=O) groups is 8. The molecule has 3 aromatic rings. The van der Waals surface area contributed by atoms with Crippen LogP contribution in [0.1, 0.15) is 128 Å². The van der Waals surface area contributed by atoms with Crippen molar-refractivity contribution in [3.8, 4) is 0 Å². The van der Waals surface area contributed by atoms with E-state index in [4.69, 9.17) is 4.74 Å². The molecular formula is C48H52F4N6O9. The molecule has 3 heterocycles. The van der Waals surface area contributed by atoms with Crippen LogP contribution in [0.2, 0.25) is 0 Å². The lowest BCUT2D eigenvalue weighted by molar-refractivity contribution is -0.187. The monoisotopic (exact) mass is 932 g/mol. The molecule has 0 bridgehead atoms. The van der Waals surface area contributed by atoms with Crippen molar-refractivity contribution >= 4 is 58.8 Å². The van der Waals surface area contributed by atoms with Crippen molar-refractivity contribution in [3.05, 3.63) is 94.3 Å². The number of piperidine rings is 1. The van der Waals surface area contributed by atoms with Crippen molar-refractivity contribution in [2.24, 2.45) is 0 Å². The van der Waals surface area contributed by atoms with E-state index in [0.29, 0.717) is 58.1 Å². The van der Waals surface area contributed by atoms with Crippen molar-refractivity contribution < 1.29 is 60.7 Å². The van der Waals surface area contributed by atoms with E-state index in [1.165, 1.54) is 12.1 Å². The highest BCUT2D eigenvalue weighted by Gasteiger charge is 2.59. The summed E-state index contributed by atoms with van der Waals surface area (Å²) in [5.41, 5.74) is 1.15. The van der Waals surface area contributed by atoms with Crippen LogP contribution < -0.4 is 16.0 Å². The van der Waals surface area contributed by atoms with Gasteiger partial charge in [-0.3, -0.25) is 43.8 Å². The van der Waals surface area contributed by atoms with Gasteiger partial charge in [0, 0.05) is 49.3 Å². The number of nitrogens with one attached hydrogen (secondary N) is 3. The molecule has 3 N–H and O–H groups in total. The van der Waals surface area contributed by atoms with Crippen LogP contribution in [0.25, 0.3) is 0 Å². The van der Waals surface area contributed by atoms with Crippen LogP contribution in [0.3, 0.4) is 0 Å². The maximum absolute atomic E-state index is 13.8. The van der Waals surface area contributed by atoms with Crippen molar-refractivity contribution in [1.29, 1.82) is 0 Å². The average Bonchev–Trinajstić information content (AvgIpc) is 3.86. The molecule has 2 saturated heterocycles. The quantitative estimate of drug-likeness (QED) is 0.0590. The number of amides is 8. The summed E-state index contributed by atoms with van der Waals surface area (Å²) in [6.07, 6.45) is 3.58. The van der Waals surface area contributed by atoms with E-state index in [9.17, 15) is 55.9 Å². The predicted octanol–water partition coefficient (Wildman–Crippen LogP) is 7.28. The van der Waals surface area contributed by atoms with Crippen LogP contribution in [0, 0.1) is 5.82 Å². The molecule has 3 aliphatic heterocycles. The van der Waals surface area contributed by atoms with Gasteiger partial charge >= 0.3 is 12.3 Å². The summed E-state index contributed by atoms with van der Waals surface area (Å²) in [7, 11) is 0. The fourth-order valence-corrected chi connectivity index (χ4v) is 9.05. The fraction of sp³-hybridized carbons (Fsp3) is 0.458. The number of fused-ring (bicyclic) bond motifs is 3. The number of unbranched alkanes of at least 4 members (excludes halogenated alkanes) is 8. The highest BCUT2D eigenvalue weighted by atomic mass is 19.4. The lowest BCUT2D eigenvalue weighted by Gasteiger charge is -2.31. The topological polar surface area (TPSA) is 192 Å². The Morgan fingerprint density at radius 2 is 1.49 bits per heavy atom. The number of halogens is 4. The number of ether oxygens (including phenoxy) is 1. The number of imide groups is 3. The normalized spacial score (nSPS) is 19.4. The SMILES string of the molecule is C[C@H](N(Cc1ccc(F)cc1)C(=O)CN1C(=O)O[C@@]2(CCc3cc(NC(=O)CCCCCCCCCCCNc4ccc5c(c4)C(=O)N(C4CCC(=O)NC4=O)C5=O)ccc32)C1=O)C(F)(F)F. The molecule has 3 atom stereocenters. The number of benzene rings is 3. The molecule has 1 unspecified atom stereocenters. The van der Waals surface area contributed by atoms with Crippen molar-refractivity contribution in [2.75, 3.05) is 23.7 Å². The zero-order chi connectivity index (χ0) is 48.0. The van der Waals surface area contributed by atoms with Gasteiger partial charge in [0.05, 0.1) is 11.1 Å². The highest BCUT2D eigenvalue weighted by molar-refractivity contribution is 6.23. The second-order valence-electron chi connectivity index (χ2n) is 17.4. The number of alkyl halides is 3. The zero-order valence-electron chi connectivity index (χ0n) is 37.0. The standard InChI is InChI=1S/C48H52F4N6O9/c1-29(48(50,51)52)56(27-30-12-14-32(49)15-13-30)41(61)28-57-45(65)47(67-46(57)66)23-22-31-25-34(17-19-37(31)47)54-39(59)11-9-7-5-3-2-4-6-8-10-24-53-33-16-18-35-36(26-33)44(64)58(43(35)63)38-20-21-40(60)55-42(38)62/h12-19,25-26,29,38,53H,2-11,20-24,27-28H2,1H3,(H,54,59)(H,55,60,62)/t29-,38?,47+/m0/s1. The van der Waals surface area contributed by atoms with E-state index in [0.717, 1.165) is 75.3 Å². The first-order valence-corrected chi connectivity index (χ1v) is 22.6. The Labute approximate surface area is 383 Å². The Morgan fingerprint density at radius 1 is 0.836 bits per heavy atom. The summed E-state index contributed by atoms with van der Waals surface area (Å²) in [6.45, 7) is -0.0615. The zero-order valence-corrected chi connectivity index (χ0v) is 37.0. The van der Waals surface area contributed by atoms with Crippen LogP contribution >= 0.6 is 0 Å². The summed E-state index contributed by atoms with van der Waals surface area (Å²) in [6, 6.07) is 11.1. The number of aryl methyl sites for hydroxylation is 1. The Kier molecular flexibility index (Phi) is 14.7. The van der Waals surface area contributed by atoms with Crippen LogP contribution in [0.4, 0.5) is 33.7 Å². The summed E-state index contributed by atoms with van der Waals surface area (Å²) in [5.74, 6) is -4.95. The first-order chi connectivity index (χ1) is 32.0. The highest BCUT2D eigenvalue weighted by Crippen LogP contribution is 2.46. The van der Waals surface area contributed by atoms with Crippen LogP contribution in [-0.2, 0) is 47.3 Å². The van der Waals surface area contributed by atoms with Gasteiger partial charge in [-0.25, -0.2) is 14.1 Å². The Bertz CT molecular complexity index is 2450. The largest absolute Gasteiger partial charge is 0.427 e. The summed E-state index contributed by atoms with van der Waals surface area (Å²) in [4.78, 5) is 105. The van der Waals surface area contributed by atoms with Crippen molar-refractivity contribution in [3.63, 3.8) is 0 Å². The van der Waals surface area contributed by atoms with E-state index in [-0.39, 0.29) is 41.9 Å². The van der Waals surface area contributed by atoms with Crippen LogP contribution in [0.5, 0.6) is 0 Å². The van der Waals surface area contributed by atoms with Gasteiger partial charge in [-0.2, -0.15) is 13.2 Å². The molecule has 67 heavy (non-hydrogen) atoms. The van der Waals surface area contributed by atoms with Gasteiger partial charge in [0.1, 0.15) is 24.4 Å². The molecule has 356 valence electrons. The van der Waals surface area contributed by atoms with Gasteiger partial charge in [-0.05, 0) is 86.2 Å². The van der Waals surface area contributed by atoms with Gasteiger partial charge in [0.15, 0.2) is 0 Å². The molecule has 3 aromatic carbocycles. The minimum atomic E-state index is -4.82. The minimum Gasteiger partial charge on any atom is -0.427 e. The Morgan fingerprint density at radius 3 is 2.18 bits per heavy atom. The van der Waals surface area contributed by atoms with Crippen LogP contribution in [0.15, 0.2) is 60.7 Å². The molecule has 1 spiro atoms. The predicted molar refractivity (Wildman–Crippen MR) is 234 cm³/mol. The number of anilines is 2. The van der Waals surface area contributed by atoms with Crippen LogP contribution in [-0.4, -0.2) is 93.5 Å². The van der Waals surface area contributed by atoms with Gasteiger partial charge < -0.3 is 20.3 Å². The molecule has 2 fully saturated rings. The number of rotatable bonds is 20. The molecule has 0 saturated carbocycles. The van der Waals surface area contributed by atoms with Gasteiger partial charge in [-0.1, -0.05) is 63.1 Å². The lowest BCUT2D eigenvalue weighted by atomic mass is 9.94. The fourth-order valence-electron chi connectivity index (χ4n) is 9.05. The smallest absolute Gasteiger partial charge is 0.418 e. The third kappa shape index (κ3) is 10.8. The summed E-state index contributed by atoms with van der Waals surface area (Å²) >= 11 is 0. The molecule has 4 aliphatic rings. The summed E-state index contributed by atoms with van der Waals surface area (Å²) in [5, 5.41) is 8.37. The third-order valence-corrected chi connectivity index (χ3v) is 12.8. The van der Waals surface area contributed by atoms with Gasteiger partial charge in [-0.15, -0.1) is 0 Å². The Balaban J connectivity index is 0.775. The average molecular weight is 933 g/mol. The van der Waals surface area contributed by atoms with E-state index in [2.05, 4.69) is 16.0 Å². The molecular weight excluding hydrogens is 881 g/mol. The summed E-state index contributed by atoms with van der Waals surface area (Å²) < 4.78 is 60.5. The second kappa shape index (κ2) is 20.5. The first kappa shape index (κ1) is 48.3. The molecule has 8 amide bonds. The van der Waals surface area contributed by atoms with E-state index < -0.39 is 84.3 Å². The third-order valence-electron chi connectivity index (χ3n) is 12.8. The van der Waals surface area contributed by atoms with E-state index >= 15 is 0 Å². The molecule has 0 aromatic heterocycles. The maximum atomic E-state index is 13.8. The molecule has 7 rings (SSSR count). The van der Waals surface area contributed by atoms with Crippen molar-refractivity contribution in [1.82, 2.24) is 20.0 Å². The molecule has 19 heteroatoms. The van der Waals surface area contributed by atoms with E-state index in [1.54, 1.807) is 36.4 Å². The van der Waals surface area contributed by atoms with Gasteiger partial charge in [0.25, 0.3) is 17.7 Å². The van der Waals surface area contributed by atoms with Gasteiger partial charge in [0.2, 0.25) is 29.2 Å². The van der Waals surface area contributed by atoms with E-state index in [1.807, 2.05) is 0 Å². The number of hydrogen-bond acceptors (Lipinski definition) is 10.